The first-order valence-corrected chi connectivity index (χ1v) is 7.86. The minimum absolute atomic E-state index is 0.108. The molecule has 1 atom stereocenters. The highest BCUT2D eigenvalue weighted by Crippen LogP contribution is 2.15. The third kappa shape index (κ3) is 4.59. The number of aromatic nitrogens is 1. The number of amides is 1. The number of thioether (sulfide) groups is 1. The van der Waals surface area contributed by atoms with Crippen molar-refractivity contribution in [3.05, 3.63) is 24.0 Å². The van der Waals surface area contributed by atoms with E-state index in [1.54, 1.807) is 24.0 Å². The molecule has 0 spiro atoms. The van der Waals surface area contributed by atoms with Gasteiger partial charge in [-0.25, -0.2) is 4.79 Å². The number of carboxylic acids is 1. The number of nitrogens with one attached hydrogen (secondary N) is 1. The predicted octanol–water partition coefficient (Wildman–Crippen LogP) is 2.18. The van der Waals surface area contributed by atoms with Gasteiger partial charge in [-0.15, -0.1) is 0 Å². The van der Waals surface area contributed by atoms with Gasteiger partial charge in [0, 0.05) is 17.9 Å². The number of carbonyl (C=O) groups excluding carboxylic acids is 1. The SMILES string of the molecule is CSCC[C@H](NC(=O)c1ccn(C(C)(C)C)c1)C(=O)O. The molecule has 1 rings (SSSR count). The molecule has 20 heavy (non-hydrogen) atoms. The van der Waals surface area contributed by atoms with Gasteiger partial charge < -0.3 is 15.0 Å². The van der Waals surface area contributed by atoms with Gasteiger partial charge in [0.15, 0.2) is 0 Å². The molecule has 0 unspecified atom stereocenters. The van der Waals surface area contributed by atoms with Crippen molar-refractivity contribution in [2.24, 2.45) is 0 Å². The lowest BCUT2D eigenvalue weighted by molar-refractivity contribution is -0.139. The quantitative estimate of drug-likeness (QED) is 0.844. The minimum atomic E-state index is -0.998. The Balaban J connectivity index is 2.74. The monoisotopic (exact) mass is 298 g/mol. The Labute approximate surface area is 123 Å². The van der Waals surface area contributed by atoms with Crippen molar-refractivity contribution in [3.63, 3.8) is 0 Å². The summed E-state index contributed by atoms with van der Waals surface area (Å²) < 4.78 is 1.93. The molecule has 5 nitrogen and oxygen atoms in total. The van der Waals surface area contributed by atoms with Crippen LogP contribution >= 0.6 is 11.8 Å². The van der Waals surface area contributed by atoms with Crippen molar-refractivity contribution >= 4 is 23.6 Å². The van der Waals surface area contributed by atoms with Crippen LogP contribution in [0.15, 0.2) is 18.5 Å². The summed E-state index contributed by atoms with van der Waals surface area (Å²) in [6, 6.07) is 0.863. The predicted molar refractivity (Wildman–Crippen MR) is 81.3 cm³/mol. The third-order valence-electron chi connectivity index (χ3n) is 2.94. The molecule has 0 aliphatic carbocycles. The van der Waals surface area contributed by atoms with Crippen LogP contribution in [0, 0.1) is 0 Å². The zero-order valence-electron chi connectivity index (χ0n) is 12.3. The molecule has 0 aliphatic heterocycles. The molecular weight excluding hydrogens is 276 g/mol. The first-order chi connectivity index (χ1) is 9.25. The Morgan fingerprint density at radius 2 is 2.10 bits per heavy atom. The summed E-state index contributed by atoms with van der Waals surface area (Å²) in [5, 5.41) is 11.7. The van der Waals surface area contributed by atoms with Crippen molar-refractivity contribution in [2.75, 3.05) is 12.0 Å². The molecule has 2 N–H and O–H groups in total. The number of aliphatic carboxylic acids is 1. The minimum Gasteiger partial charge on any atom is -0.480 e. The van der Waals surface area contributed by atoms with Crippen LogP contribution in [0.2, 0.25) is 0 Å². The zero-order valence-corrected chi connectivity index (χ0v) is 13.2. The number of rotatable bonds is 6. The summed E-state index contributed by atoms with van der Waals surface area (Å²) in [5.41, 5.74) is 0.374. The lowest BCUT2D eigenvalue weighted by Gasteiger charge is -2.20. The molecule has 0 saturated carbocycles. The van der Waals surface area contributed by atoms with Gasteiger partial charge in [0.1, 0.15) is 6.04 Å². The van der Waals surface area contributed by atoms with E-state index in [1.807, 2.05) is 37.8 Å². The molecule has 1 aromatic heterocycles. The first-order valence-electron chi connectivity index (χ1n) is 6.47. The van der Waals surface area contributed by atoms with E-state index in [0.29, 0.717) is 17.7 Å². The van der Waals surface area contributed by atoms with Gasteiger partial charge in [-0.05, 0) is 45.3 Å². The molecule has 1 heterocycles. The van der Waals surface area contributed by atoms with E-state index in [9.17, 15) is 9.59 Å². The van der Waals surface area contributed by atoms with Crippen molar-refractivity contribution in [1.82, 2.24) is 9.88 Å². The van der Waals surface area contributed by atoms with Gasteiger partial charge in [-0.1, -0.05) is 0 Å². The van der Waals surface area contributed by atoms with E-state index in [1.165, 1.54) is 0 Å². The van der Waals surface area contributed by atoms with Crippen LogP contribution in [0.1, 0.15) is 37.6 Å². The van der Waals surface area contributed by atoms with Gasteiger partial charge in [0.2, 0.25) is 0 Å². The average Bonchev–Trinajstić information content (AvgIpc) is 2.83. The Kier molecular flexibility index (Phi) is 5.68. The second-order valence-corrected chi connectivity index (χ2v) is 6.61. The van der Waals surface area contributed by atoms with Crippen LogP contribution in [-0.4, -0.2) is 39.6 Å². The van der Waals surface area contributed by atoms with E-state index >= 15 is 0 Å². The zero-order chi connectivity index (χ0) is 15.3. The summed E-state index contributed by atoms with van der Waals surface area (Å²) in [5.74, 6) is -0.649. The van der Waals surface area contributed by atoms with E-state index in [4.69, 9.17) is 5.11 Å². The van der Waals surface area contributed by atoms with Crippen molar-refractivity contribution in [3.8, 4) is 0 Å². The highest BCUT2D eigenvalue weighted by molar-refractivity contribution is 7.98. The second kappa shape index (κ2) is 6.83. The van der Waals surface area contributed by atoms with Gasteiger partial charge >= 0.3 is 5.97 Å². The Bertz CT molecular complexity index is 477. The molecular formula is C14H22N2O3S. The fraction of sp³-hybridized carbons (Fsp3) is 0.571. The largest absolute Gasteiger partial charge is 0.480 e. The smallest absolute Gasteiger partial charge is 0.326 e. The molecule has 1 amide bonds. The third-order valence-corrected chi connectivity index (χ3v) is 3.59. The molecule has 0 bridgehead atoms. The first kappa shape index (κ1) is 16.6. The second-order valence-electron chi connectivity index (χ2n) is 5.62. The molecule has 6 heteroatoms. The van der Waals surface area contributed by atoms with Crippen LogP contribution in [0.25, 0.3) is 0 Å². The maximum absolute atomic E-state index is 12.1. The number of nitrogens with zero attached hydrogens (tertiary/aromatic N) is 1. The summed E-state index contributed by atoms with van der Waals surface area (Å²) in [4.78, 5) is 23.2. The summed E-state index contributed by atoms with van der Waals surface area (Å²) in [6.07, 6.45) is 5.89. The summed E-state index contributed by atoms with van der Waals surface area (Å²) in [7, 11) is 0. The Hall–Kier alpha value is -1.43. The van der Waals surface area contributed by atoms with Crippen molar-refractivity contribution in [1.29, 1.82) is 0 Å². The summed E-state index contributed by atoms with van der Waals surface area (Å²) in [6.45, 7) is 6.10. The number of carbonyl (C=O) groups is 2. The average molecular weight is 298 g/mol. The standard InChI is InChI=1S/C14H22N2O3S/c1-14(2,3)16-7-5-10(9-16)12(17)15-11(13(18)19)6-8-20-4/h5,7,9,11H,6,8H2,1-4H3,(H,15,17)(H,18,19)/t11-/m0/s1. The molecule has 0 aromatic carbocycles. The van der Waals surface area contributed by atoms with Crippen molar-refractivity contribution < 1.29 is 14.7 Å². The lowest BCUT2D eigenvalue weighted by Crippen LogP contribution is -2.41. The molecule has 1 aromatic rings. The molecule has 0 fully saturated rings. The lowest BCUT2D eigenvalue weighted by atomic mass is 10.1. The maximum Gasteiger partial charge on any atom is 0.326 e. The highest BCUT2D eigenvalue weighted by atomic mass is 32.2. The van der Waals surface area contributed by atoms with E-state index < -0.39 is 12.0 Å². The van der Waals surface area contributed by atoms with Crippen LogP contribution in [0.4, 0.5) is 0 Å². The van der Waals surface area contributed by atoms with Gasteiger partial charge in [0.25, 0.3) is 5.91 Å². The number of hydrogen-bond donors (Lipinski definition) is 2. The van der Waals surface area contributed by atoms with E-state index in [2.05, 4.69) is 5.32 Å². The van der Waals surface area contributed by atoms with E-state index in [-0.39, 0.29) is 11.4 Å². The van der Waals surface area contributed by atoms with Gasteiger partial charge in [0.05, 0.1) is 5.56 Å². The molecule has 0 radical (unpaired) electrons. The fourth-order valence-corrected chi connectivity index (χ4v) is 2.15. The maximum atomic E-state index is 12.1. The van der Waals surface area contributed by atoms with E-state index in [0.717, 1.165) is 0 Å². The fourth-order valence-electron chi connectivity index (χ4n) is 1.68. The van der Waals surface area contributed by atoms with Crippen molar-refractivity contribution in [2.45, 2.75) is 38.8 Å². The van der Waals surface area contributed by atoms with Gasteiger partial charge in [-0.3, -0.25) is 4.79 Å². The van der Waals surface area contributed by atoms with Crippen LogP contribution in [0.5, 0.6) is 0 Å². The van der Waals surface area contributed by atoms with Crippen LogP contribution < -0.4 is 5.32 Å². The Morgan fingerprint density at radius 3 is 2.55 bits per heavy atom. The normalized spacial score (nSPS) is 13.0. The summed E-state index contributed by atoms with van der Waals surface area (Å²) >= 11 is 1.56. The molecule has 112 valence electrons. The highest BCUT2D eigenvalue weighted by Gasteiger charge is 2.21. The van der Waals surface area contributed by atoms with Gasteiger partial charge in [-0.2, -0.15) is 11.8 Å². The number of hydrogen-bond acceptors (Lipinski definition) is 3. The van der Waals surface area contributed by atoms with Crippen LogP contribution in [0.3, 0.4) is 0 Å². The number of carboxylic acid groups (broad SMARTS) is 1. The topological polar surface area (TPSA) is 71.3 Å². The molecule has 0 saturated heterocycles. The Morgan fingerprint density at radius 1 is 1.45 bits per heavy atom. The van der Waals surface area contributed by atoms with Crippen LogP contribution in [-0.2, 0) is 10.3 Å². The molecule has 0 aliphatic rings.